The fourth-order valence-corrected chi connectivity index (χ4v) is 3.98. The summed E-state index contributed by atoms with van der Waals surface area (Å²) in [7, 11) is 1.71. The molecular formula is C22H30N2O. The zero-order chi connectivity index (χ0) is 17.8. The molecule has 0 amide bonds. The van der Waals surface area contributed by atoms with E-state index in [1.807, 2.05) is 12.1 Å². The van der Waals surface area contributed by atoms with Crippen molar-refractivity contribution in [3.63, 3.8) is 0 Å². The van der Waals surface area contributed by atoms with Gasteiger partial charge in [0.25, 0.3) is 0 Å². The van der Waals surface area contributed by atoms with Crippen molar-refractivity contribution in [2.24, 2.45) is 11.7 Å². The number of hydrogen-bond acceptors (Lipinski definition) is 3. The molecule has 3 nitrogen and oxygen atoms in total. The lowest BCUT2D eigenvalue weighted by atomic mass is 9.88. The Bertz CT molecular complexity index is 696. The van der Waals surface area contributed by atoms with Crippen LogP contribution >= 0.6 is 0 Å². The molecular weight excluding hydrogens is 308 g/mol. The van der Waals surface area contributed by atoms with Crippen LogP contribution in [0.2, 0.25) is 0 Å². The number of likely N-dealkylation sites (tertiary alicyclic amines) is 1. The van der Waals surface area contributed by atoms with Crippen LogP contribution in [0.5, 0.6) is 5.75 Å². The topological polar surface area (TPSA) is 38.5 Å². The van der Waals surface area contributed by atoms with Gasteiger partial charge in [0, 0.05) is 25.7 Å². The van der Waals surface area contributed by atoms with Gasteiger partial charge in [-0.25, -0.2) is 0 Å². The van der Waals surface area contributed by atoms with Crippen molar-refractivity contribution in [2.75, 3.05) is 20.2 Å². The summed E-state index contributed by atoms with van der Waals surface area (Å²) in [4.78, 5) is 2.53. The van der Waals surface area contributed by atoms with Crippen LogP contribution in [0.4, 0.5) is 0 Å². The van der Waals surface area contributed by atoms with Crippen molar-refractivity contribution in [3.05, 3.63) is 64.7 Å². The maximum Gasteiger partial charge on any atom is 0.118 e. The Morgan fingerprint density at radius 1 is 1.08 bits per heavy atom. The predicted octanol–water partition coefficient (Wildman–Crippen LogP) is 3.70. The Morgan fingerprint density at radius 3 is 2.52 bits per heavy atom. The number of methoxy groups -OCH3 is 1. The van der Waals surface area contributed by atoms with Gasteiger partial charge in [-0.1, -0.05) is 35.9 Å². The average molecular weight is 338 g/mol. The Balaban J connectivity index is 1.64. The number of nitrogens with two attached hydrogens (primary N) is 1. The third-order valence-corrected chi connectivity index (χ3v) is 5.22. The number of aryl methyl sites for hydroxylation is 2. The average Bonchev–Trinajstić information content (AvgIpc) is 2.58. The molecule has 1 aliphatic rings. The molecule has 2 aromatic rings. The van der Waals surface area contributed by atoms with Gasteiger partial charge in [-0.3, -0.25) is 4.90 Å². The van der Waals surface area contributed by atoms with E-state index in [0.29, 0.717) is 5.92 Å². The number of ether oxygens (including phenoxy) is 1. The molecule has 1 saturated heterocycles. The number of benzene rings is 2. The Hall–Kier alpha value is -1.84. The molecule has 2 unspecified atom stereocenters. The van der Waals surface area contributed by atoms with Crippen molar-refractivity contribution in [2.45, 2.75) is 39.3 Å². The van der Waals surface area contributed by atoms with Crippen molar-refractivity contribution in [1.29, 1.82) is 0 Å². The summed E-state index contributed by atoms with van der Waals surface area (Å²) in [6, 6.07) is 15.5. The standard InChI is InChI=1S/C22H30N2O/c1-16-4-7-20(17(2)10-16)14-24-13-19(12-21(23)15-24)11-18-5-8-22(25-3)9-6-18/h4-10,19,21H,11-15,23H2,1-3H3. The normalized spacial score (nSPS) is 21.3. The molecule has 2 aromatic carbocycles. The molecule has 1 fully saturated rings. The second-order valence-electron chi connectivity index (χ2n) is 7.54. The molecule has 0 saturated carbocycles. The summed E-state index contributed by atoms with van der Waals surface area (Å²) in [5, 5.41) is 0. The molecule has 0 aliphatic carbocycles. The van der Waals surface area contributed by atoms with E-state index in [4.69, 9.17) is 10.5 Å². The summed E-state index contributed by atoms with van der Waals surface area (Å²) < 4.78 is 5.25. The molecule has 3 rings (SSSR count). The van der Waals surface area contributed by atoms with Gasteiger partial charge in [-0.2, -0.15) is 0 Å². The molecule has 2 atom stereocenters. The quantitative estimate of drug-likeness (QED) is 0.903. The third kappa shape index (κ3) is 4.83. The smallest absolute Gasteiger partial charge is 0.118 e. The number of piperidine rings is 1. The molecule has 2 N–H and O–H groups in total. The highest BCUT2D eigenvalue weighted by Gasteiger charge is 2.25. The first-order valence-electron chi connectivity index (χ1n) is 9.20. The fourth-order valence-electron chi connectivity index (χ4n) is 3.98. The molecule has 0 bridgehead atoms. The number of rotatable bonds is 5. The van der Waals surface area contributed by atoms with E-state index >= 15 is 0 Å². The van der Waals surface area contributed by atoms with E-state index in [0.717, 1.165) is 38.2 Å². The van der Waals surface area contributed by atoms with Gasteiger partial charge in [0.15, 0.2) is 0 Å². The van der Waals surface area contributed by atoms with Crippen LogP contribution in [0, 0.1) is 19.8 Å². The molecule has 1 aliphatic heterocycles. The summed E-state index contributed by atoms with van der Waals surface area (Å²) >= 11 is 0. The molecule has 0 radical (unpaired) electrons. The first kappa shape index (κ1) is 18.0. The van der Waals surface area contributed by atoms with E-state index < -0.39 is 0 Å². The predicted molar refractivity (Wildman–Crippen MR) is 104 cm³/mol. The molecule has 25 heavy (non-hydrogen) atoms. The lowest BCUT2D eigenvalue weighted by molar-refractivity contribution is 0.149. The van der Waals surface area contributed by atoms with Crippen LogP contribution in [0.25, 0.3) is 0 Å². The van der Waals surface area contributed by atoms with Gasteiger partial charge >= 0.3 is 0 Å². The van der Waals surface area contributed by atoms with Gasteiger partial charge in [0.1, 0.15) is 5.75 Å². The fraction of sp³-hybridized carbons (Fsp3) is 0.455. The molecule has 1 heterocycles. The van der Waals surface area contributed by atoms with E-state index in [9.17, 15) is 0 Å². The van der Waals surface area contributed by atoms with E-state index in [-0.39, 0.29) is 6.04 Å². The van der Waals surface area contributed by atoms with Crippen molar-refractivity contribution in [3.8, 4) is 5.75 Å². The van der Waals surface area contributed by atoms with Crippen LogP contribution in [0.1, 0.15) is 28.7 Å². The van der Waals surface area contributed by atoms with Crippen LogP contribution in [-0.4, -0.2) is 31.1 Å². The lowest BCUT2D eigenvalue weighted by Gasteiger charge is -2.36. The van der Waals surface area contributed by atoms with Gasteiger partial charge in [-0.15, -0.1) is 0 Å². The van der Waals surface area contributed by atoms with Crippen molar-refractivity contribution < 1.29 is 4.74 Å². The first-order valence-corrected chi connectivity index (χ1v) is 9.20. The maximum absolute atomic E-state index is 6.37. The highest BCUT2D eigenvalue weighted by molar-refractivity contribution is 5.30. The second-order valence-corrected chi connectivity index (χ2v) is 7.54. The minimum Gasteiger partial charge on any atom is -0.497 e. The molecule has 134 valence electrons. The maximum atomic E-state index is 6.37. The Kier molecular flexibility index (Phi) is 5.77. The van der Waals surface area contributed by atoms with Crippen molar-refractivity contribution in [1.82, 2.24) is 4.90 Å². The van der Waals surface area contributed by atoms with Gasteiger partial charge in [-0.05, 0) is 61.4 Å². The van der Waals surface area contributed by atoms with Gasteiger partial charge < -0.3 is 10.5 Å². The van der Waals surface area contributed by atoms with Crippen LogP contribution in [0.3, 0.4) is 0 Å². The molecule has 0 spiro atoms. The lowest BCUT2D eigenvalue weighted by Crippen LogP contribution is -2.47. The summed E-state index contributed by atoms with van der Waals surface area (Å²) in [6.07, 6.45) is 2.19. The molecule has 3 heteroatoms. The minimum atomic E-state index is 0.266. The summed E-state index contributed by atoms with van der Waals surface area (Å²) in [6.45, 7) is 7.47. The third-order valence-electron chi connectivity index (χ3n) is 5.22. The minimum absolute atomic E-state index is 0.266. The van der Waals surface area contributed by atoms with Crippen LogP contribution < -0.4 is 10.5 Å². The Morgan fingerprint density at radius 2 is 1.84 bits per heavy atom. The van der Waals surface area contributed by atoms with Crippen molar-refractivity contribution >= 4 is 0 Å². The van der Waals surface area contributed by atoms with Gasteiger partial charge in [0.05, 0.1) is 7.11 Å². The zero-order valence-corrected chi connectivity index (χ0v) is 15.7. The van der Waals surface area contributed by atoms with Gasteiger partial charge in [0.2, 0.25) is 0 Å². The zero-order valence-electron chi connectivity index (χ0n) is 15.7. The summed E-state index contributed by atoms with van der Waals surface area (Å²) in [5.74, 6) is 1.53. The van der Waals surface area contributed by atoms with E-state index in [2.05, 4.69) is 49.1 Å². The SMILES string of the molecule is COc1ccc(CC2CC(N)CN(Cc3ccc(C)cc3C)C2)cc1. The monoisotopic (exact) mass is 338 g/mol. The molecule has 0 aromatic heterocycles. The Labute approximate surface area is 151 Å². The second kappa shape index (κ2) is 8.03. The largest absolute Gasteiger partial charge is 0.497 e. The highest BCUT2D eigenvalue weighted by atomic mass is 16.5. The highest BCUT2D eigenvalue weighted by Crippen LogP contribution is 2.24. The van der Waals surface area contributed by atoms with E-state index in [1.165, 1.54) is 22.3 Å². The van der Waals surface area contributed by atoms with E-state index in [1.54, 1.807) is 7.11 Å². The number of hydrogen-bond donors (Lipinski definition) is 1. The van der Waals surface area contributed by atoms with Crippen LogP contribution in [-0.2, 0) is 13.0 Å². The first-order chi connectivity index (χ1) is 12.0. The number of nitrogens with zero attached hydrogens (tertiary/aromatic N) is 1. The van der Waals surface area contributed by atoms with Crippen LogP contribution in [0.15, 0.2) is 42.5 Å². The summed E-state index contributed by atoms with van der Waals surface area (Å²) in [5.41, 5.74) is 11.9.